The molecule has 0 amide bonds. The van der Waals surface area contributed by atoms with Crippen LogP contribution in [0.15, 0.2) is 29.2 Å². The third-order valence-electron chi connectivity index (χ3n) is 4.89. The van der Waals surface area contributed by atoms with Gasteiger partial charge in [0.15, 0.2) is 0 Å². The van der Waals surface area contributed by atoms with E-state index in [1.165, 1.54) is 0 Å². The van der Waals surface area contributed by atoms with Gasteiger partial charge in [0, 0.05) is 19.6 Å². The van der Waals surface area contributed by atoms with E-state index in [-0.39, 0.29) is 5.41 Å². The van der Waals surface area contributed by atoms with Crippen LogP contribution in [0.1, 0.15) is 58.9 Å². The summed E-state index contributed by atoms with van der Waals surface area (Å²) in [4.78, 5) is 2.84. The molecule has 25 heavy (non-hydrogen) atoms. The standard InChI is InChI=1S/C20H34N2O2S/c1-5-12-21(13-6-2)16-18-9-7-10-19(15-18)25(23,24)22-14-8-11-20(3,4)17-22/h7,9-10,15H,5-6,8,11-14,16-17H2,1-4H3. The molecular weight excluding hydrogens is 332 g/mol. The summed E-state index contributed by atoms with van der Waals surface area (Å²) < 4.78 is 27.8. The summed E-state index contributed by atoms with van der Waals surface area (Å²) in [6.07, 6.45) is 4.25. The Labute approximate surface area is 154 Å². The molecule has 1 heterocycles. The van der Waals surface area contributed by atoms with Gasteiger partial charge in [0.25, 0.3) is 0 Å². The van der Waals surface area contributed by atoms with Gasteiger partial charge < -0.3 is 0 Å². The average molecular weight is 367 g/mol. The largest absolute Gasteiger partial charge is 0.299 e. The number of piperidine rings is 1. The summed E-state index contributed by atoms with van der Waals surface area (Å²) in [5.41, 5.74) is 1.14. The Bertz CT molecular complexity index is 649. The zero-order valence-corrected chi connectivity index (χ0v) is 17.1. The highest BCUT2D eigenvalue weighted by atomic mass is 32.2. The fourth-order valence-electron chi connectivity index (χ4n) is 3.69. The average Bonchev–Trinajstić information content (AvgIpc) is 2.54. The van der Waals surface area contributed by atoms with Crippen LogP contribution in [-0.2, 0) is 16.6 Å². The van der Waals surface area contributed by atoms with Crippen molar-refractivity contribution in [2.75, 3.05) is 26.2 Å². The lowest BCUT2D eigenvalue weighted by atomic mass is 9.85. The van der Waals surface area contributed by atoms with E-state index in [0.29, 0.717) is 18.0 Å². The molecule has 0 radical (unpaired) electrons. The first kappa shape index (κ1) is 20.4. The molecule has 1 aromatic carbocycles. The van der Waals surface area contributed by atoms with Gasteiger partial charge in [-0.2, -0.15) is 4.31 Å². The van der Waals surface area contributed by atoms with E-state index in [4.69, 9.17) is 0 Å². The van der Waals surface area contributed by atoms with Gasteiger partial charge in [-0.3, -0.25) is 4.90 Å². The maximum Gasteiger partial charge on any atom is 0.243 e. The monoisotopic (exact) mass is 366 g/mol. The summed E-state index contributed by atoms with van der Waals surface area (Å²) in [5, 5.41) is 0. The first-order valence-corrected chi connectivity index (χ1v) is 11.0. The Morgan fingerprint density at radius 2 is 1.84 bits per heavy atom. The highest BCUT2D eigenvalue weighted by Crippen LogP contribution is 2.32. The predicted octanol–water partition coefficient (Wildman–Crippen LogP) is 4.12. The Kier molecular flexibility index (Phi) is 7.06. The lowest BCUT2D eigenvalue weighted by molar-refractivity contribution is 0.187. The van der Waals surface area contributed by atoms with Crippen LogP contribution in [0.2, 0.25) is 0 Å². The number of rotatable bonds is 8. The summed E-state index contributed by atoms with van der Waals surface area (Å²) >= 11 is 0. The van der Waals surface area contributed by atoms with Crippen molar-refractivity contribution in [3.63, 3.8) is 0 Å². The maximum atomic E-state index is 13.1. The number of nitrogens with zero attached hydrogens (tertiary/aromatic N) is 2. The van der Waals surface area contributed by atoms with Gasteiger partial charge >= 0.3 is 0 Å². The Morgan fingerprint density at radius 3 is 2.44 bits per heavy atom. The Morgan fingerprint density at radius 1 is 1.16 bits per heavy atom. The van der Waals surface area contributed by atoms with E-state index in [1.54, 1.807) is 10.4 Å². The zero-order chi connectivity index (χ0) is 18.5. The van der Waals surface area contributed by atoms with E-state index in [2.05, 4.69) is 32.6 Å². The molecular formula is C20H34N2O2S. The topological polar surface area (TPSA) is 40.6 Å². The molecule has 0 aliphatic carbocycles. The number of hydrogen-bond donors (Lipinski definition) is 0. The molecule has 0 atom stereocenters. The van der Waals surface area contributed by atoms with Crippen LogP contribution >= 0.6 is 0 Å². The SMILES string of the molecule is CCCN(CCC)Cc1cccc(S(=O)(=O)N2CCCC(C)(C)C2)c1. The van der Waals surface area contributed by atoms with Crippen molar-refractivity contribution < 1.29 is 8.42 Å². The minimum Gasteiger partial charge on any atom is -0.299 e. The molecule has 1 saturated heterocycles. The molecule has 0 saturated carbocycles. The molecule has 0 N–H and O–H groups in total. The molecule has 4 nitrogen and oxygen atoms in total. The van der Waals surface area contributed by atoms with Gasteiger partial charge in [0.1, 0.15) is 0 Å². The van der Waals surface area contributed by atoms with Crippen molar-refractivity contribution in [2.24, 2.45) is 5.41 Å². The van der Waals surface area contributed by atoms with Crippen LogP contribution in [0.4, 0.5) is 0 Å². The molecule has 1 aromatic rings. The molecule has 0 aromatic heterocycles. The van der Waals surface area contributed by atoms with Crippen molar-refractivity contribution in [1.82, 2.24) is 9.21 Å². The summed E-state index contributed by atoms with van der Waals surface area (Å²) in [7, 11) is -3.40. The normalized spacial score (nSPS) is 18.6. The molecule has 5 heteroatoms. The molecule has 142 valence electrons. The second-order valence-electron chi connectivity index (χ2n) is 8.03. The number of benzene rings is 1. The van der Waals surface area contributed by atoms with Crippen molar-refractivity contribution >= 4 is 10.0 Å². The minimum absolute atomic E-state index is 0.0575. The summed E-state index contributed by atoms with van der Waals surface area (Å²) in [5.74, 6) is 0. The molecule has 0 spiro atoms. The van der Waals surface area contributed by atoms with Crippen LogP contribution < -0.4 is 0 Å². The molecule has 1 aliphatic rings. The van der Waals surface area contributed by atoms with E-state index < -0.39 is 10.0 Å². The van der Waals surface area contributed by atoms with Crippen molar-refractivity contribution in [1.29, 1.82) is 0 Å². The lowest BCUT2D eigenvalue weighted by Gasteiger charge is -2.37. The van der Waals surface area contributed by atoms with E-state index in [9.17, 15) is 8.42 Å². The van der Waals surface area contributed by atoms with Gasteiger partial charge in [-0.1, -0.05) is 39.8 Å². The van der Waals surface area contributed by atoms with Crippen molar-refractivity contribution in [3.05, 3.63) is 29.8 Å². The minimum atomic E-state index is -3.40. The Balaban J connectivity index is 2.19. The molecule has 0 unspecified atom stereocenters. The van der Waals surface area contributed by atoms with E-state index >= 15 is 0 Å². The van der Waals surface area contributed by atoms with Gasteiger partial charge in [0.05, 0.1) is 4.90 Å². The summed E-state index contributed by atoms with van der Waals surface area (Å²) in [6, 6.07) is 7.53. The van der Waals surface area contributed by atoms with Crippen molar-refractivity contribution in [3.8, 4) is 0 Å². The Hall–Kier alpha value is -0.910. The first-order valence-electron chi connectivity index (χ1n) is 9.60. The van der Waals surface area contributed by atoms with Gasteiger partial charge in [-0.25, -0.2) is 8.42 Å². The van der Waals surface area contributed by atoms with Crippen LogP contribution in [0.5, 0.6) is 0 Å². The second-order valence-corrected chi connectivity index (χ2v) is 9.97. The smallest absolute Gasteiger partial charge is 0.243 e. The third kappa shape index (κ3) is 5.53. The van der Waals surface area contributed by atoms with Gasteiger partial charge in [-0.15, -0.1) is 0 Å². The molecule has 1 fully saturated rings. The van der Waals surface area contributed by atoms with Crippen LogP contribution in [0, 0.1) is 5.41 Å². The first-order chi connectivity index (χ1) is 11.8. The maximum absolute atomic E-state index is 13.1. The van der Waals surface area contributed by atoms with Crippen LogP contribution in [0.25, 0.3) is 0 Å². The lowest BCUT2D eigenvalue weighted by Crippen LogP contribution is -2.43. The number of hydrogen-bond acceptors (Lipinski definition) is 3. The fourth-order valence-corrected chi connectivity index (χ4v) is 5.43. The number of sulfonamides is 1. The van der Waals surface area contributed by atoms with Gasteiger partial charge in [0.2, 0.25) is 10.0 Å². The molecule has 0 bridgehead atoms. The highest BCUT2D eigenvalue weighted by Gasteiger charge is 2.34. The summed E-state index contributed by atoms with van der Waals surface area (Å²) in [6.45, 7) is 12.8. The van der Waals surface area contributed by atoms with Gasteiger partial charge in [-0.05, 0) is 61.9 Å². The quantitative estimate of drug-likeness (QED) is 0.695. The fraction of sp³-hybridized carbons (Fsp3) is 0.700. The zero-order valence-electron chi connectivity index (χ0n) is 16.3. The highest BCUT2D eigenvalue weighted by molar-refractivity contribution is 7.89. The van der Waals surface area contributed by atoms with E-state index in [0.717, 1.165) is 50.9 Å². The molecule has 2 rings (SSSR count). The van der Waals surface area contributed by atoms with E-state index in [1.807, 2.05) is 18.2 Å². The van der Waals surface area contributed by atoms with Crippen LogP contribution in [-0.4, -0.2) is 43.8 Å². The third-order valence-corrected chi connectivity index (χ3v) is 6.73. The predicted molar refractivity (Wildman–Crippen MR) is 104 cm³/mol. The second kappa shape index (κ2) is 8.65. The van der Waals surface area contributed by atoms with Crippen LogP contribution in [0.3, 0.4) is 0 Å². The van der Waals surface area contributed by atoms with Crippen molar-refractivity contribution in [2.45, 2.75) is 64.8 Å². The molecule has 1 aliphatic heterocycles.